The third-order valence-electron chi connectivity index (χ3n) is 1.77. The third kappa shape index (κ3) is 1.24. The molecule has 0 aromatic rings. The summed E-state index contributed by atoms with van der Waals surface area (Å²) in [4.78, 5) is 20.8. The van der Waals surface area contributed by atoms with E-state index in [4.69, 9.17) is 4.74 Å². The van der Waals surface area contributed by atoms with E-state index < -0.39 is 5.41 Å². The van der Waals surface area contributed by atoms with Crippen LogP contribution in [0.2, 0.25) is 0 Å². The fourth-order valence-electron chi connectivity index (χ4n) is 1.05. The van der Waals surface area contributed by atoms with E-state index in [-0.39, 0.29) is 6.61 Å². The maximum absolute atomic E-state index is 10.4. The standard InChI is InChI=1S/C7H10O3/c8-4-7(5-9)2-1-3-10-6-7/h4-5H,1-3,6H2. The van der Waals surface area contributed by atoms with Gasteiger partial charge in [0.15, 0.2) is 0 Å². The summed E-state index contributed by atoms with van der Waals surface area (Å²) in [5, 5.41) is 0. The first-order valence-electron chi connectivity index (χ1n) is 3.33. The topological polar surface area (TPSA) is 43.4 Å². The molecule has 0 radical (unpaired) electrons. The zero-order chi connectivity index (χ0) is 7.45. The molecule has 0 aromatic heterocycles. The Labute approximate surface area is 59.4 Å². The molecule has 0 unspecified atom stereocenters. The van der Waals surface area contributed by atoms with Crippen LogP contribution in [0.1, 0.15) is 12.8 Å². The Balaban J connectivity index is 2.60. The SMILES string of the molecule is O=CC1(C=O)CCCOC1. The lowest BCUT2D eigenvalue weighted by molar-refractivity contribution is -0.134. The lowest BCUT2D eigenvalue weighted by atomic mass is 9.86. The largest absolute Gasteiger partial charge is 0.380 e. The second-order valence-electron chi connectivity index (χ2n) is 2.63. The molecule has 0 saturated carbocycles. The van der Waals surface area contributed by atoms with Crippen LogP contribution in [0.25, 0.3) is 0 Å². The van der Waals surface area contributed by atoms with E-state index in [1.165, 1.54) is 0 Å². The predicted octanol–water partition coefficient (Wildman–Crippen LogP) is 0.181. The summed E-state index contributed by atoms with van der Waals surface area (Å²) >= 11 is 0. The smallest absolute Gasteiger partial charge is 0.135 e. The molecule has 0 bridgehead atoms. The summed E-state index contributed by atoms with van der Waals surface area (Å²) in [6, 6.07) is 0. The number of aldehydes is 2. The van der Waals surface area contributed by atoms with Crippen LogP contribution < -0.4 is 0 Å². The van der Waals surface area contributed by atoms with Crippen molar-refractivity contribution in [2.75, 3.05) is 13.2 Å². The van der Waals surface area contributed by atoms with Crippen LogP contribution in [-0.4, -0.2) is 25.8 Å². The number of hydrogen-bond acceptors (Lipinski definition) is 3. The molecule has 3 heteroatoms. The normalized spacial score (nSPS) is 23.6. The summed E-state index contributed by atoms with van der Waals surface area (Å²) in [5.41, 5.74) is -0.821. The molecule has 0 amide bonds. The molecule has 10 heavy (non-hydrogen) atoms. The van der Waals surface area contributed by atoms with Gasteiger partial charge in [-0.3, -0.25) is 0 Å². The van der Waals surface area contributed by atoms with Crippen molar-refractivity contribution in [2.45, 2.75) is 12.8 Å². The maximum atomic E-state index is 10.4. The van der Waals surface area contributed by atoms with Gasteiger partial charge >= 0.3 is 0 Å². The Morgan fingerprint density at radius 2 is 2.00 bits per heavy atom. The van der Waals surface area contributed by atoms with Gasteiger partial charge in [-0.2, -0.15) is 0 Å². The molecule has 1 heterocycles. The van der Waals surface area contributed by atoms with E-state index >= 15 is 0 Å². The van der Waals surface area contributed by atoms with Crippen molar-refractivity contribution in [3.8, 4) is 0 Å². The minimum absolute atomic E-state index is 0.264. The zero-order valence-electron chi connectivity index (χ0n) is 5.71. The van der Waals surface area contributed by atoms with Gasteiger partial charge in [0.25, 0.3) is 0 Å². The van der Waals surface area contributed by atoms with Gasteiger partial charge in [0, 0.05) is 6.61 Å². The number of carbonyl (C=O) groups is 2. The fraction of sp³-hybridized carbons (Fsp3) is 0.714. The van der Waals surface area contributed by atoms with Gasteiger partial charge in [0.1, 0.15) is 18.0 Å². The van der Waals surface area contributed by atoms with E-state index in [2.05, 4.69) is 0 Å². The molecule has 0 aromatic carbocycles. The van der Waals surface area contributed by atoms with Crippen molar-refractivity contribution in [1.82, 2.24) is 0 Å². The van der Waals surface area contributed by atoms with Gasteiger partial charge in [-0.15, -0.1) is 0 Å². The number of ether oxygens (including phenoxy) is 1. The lowest BCUT2D eigenvalue weighted by Crippen LogP contribution is -2.34. The molecule has 1 fully saturated rings. The minimum Gasteiger partial charge on any atom is -0.380 e. The molecular formula is C7H10O3. The molecule has 3 nitrogen and oxygen atoms in total. The summed E-state index contributed by atoms with van der Waals surface area (Å²) in [6.45, 7) is 0.934. The zero-order valence-corrected chi connectivity index (χ0v) is 5.71. The average molecular weight is 142 g/mol. The first-order chi connectivity index (χ1) is 4.83. The molecule has 1 aliphatic rings. The summed E-state index contributed by atoms with van der Waals surface area (Å²) in [6.07, 6.45) is 2.83. The van der Waals surface area contributed by atoms with Gasteiger partial charge in [0.05, 0.1) is 6.61 Å². The van der Waals surface area contributed by atoms with Crippen molar-refractivity contribution >= 4 is 12.6 Å². The van der Waals surface area contributed by atoms with Crippen molar-refractivity contribution in [2.24, 2.45) is 5.41 Å². The van der Waals surface area contributed by atoms with E-state index in [0.29, 0.717) is 25.6 Å². The molecule has 0 spiro atoms. The first-order valence-corrected chi connectivity index (χ1v) is 3.33. The van der Waals surface area contributed by atoms with Crippen LogP contribution in [0.4, 0.5) is 0 Å². The van der Waals surface area contributed by atoms with E-state index in [1.54, 1.807) is 0 Å². The quantitative estimate of drug-likeness (QED) is 0.408. The van der Waals surface area contributed by atoms with Crippen LogP contribution >= 0.6 is 0 Å². The van der Waals surface area contributed by atoms with Crippen LogP contribution in [-0.2, 0) is 14.3 Å². The highest BCUT2D eigenvalue weighted by Gasteiger charge is 2.31. The van der Waals surface area contributed by atoms with E-state index in [9.17, 15) is 9.59 Å². The lowest BCUT2D eigenvalue weighted by Gasteiger charge is -2.25. The number of carbonyl (C=O) groups excluding carboxylic acids is 2. The molecule has 0 aliphatic carbocycles. The monoisotopic (exact) mass is 142 g/mol. The Hall–Kier alpha value is -0.700. The van der Waals surface area contributed by atoms with Gasteiger partial charge in [-0.1, -0.05) is 0 Å². The predicted molar refractivity (Wildman–Crippen MR) is 34.6 cm³/mol. The van der Waals surface area contributed by atoms with Crippen molar-refractivity contribution in [1.29, 1.82) is 0 Å². The highest BCUT2D eigenvalue weighted by molar-refractivity contribution is 5.83. The molecule has 1 saturated heterocycles. The summed E-state index contributed by atoms with van der Waals surface area (Å²) in [5.74, 6) is 0. The molecule has 1 rings (SSSR count). The van der Waals surface area contributed by atoms with Crippen molar-refractivity contribution < 1.29 is 14.3 Å². The van der Waals surface area contributed by atoms with E-state index in [1.807, 2.05) is 0 Å². The molecule has 0 atom stereocenters. The Bertz CT molecular complexity index is 126. The maximum Gasteiger partial charge on any atom is 0.135 e. The van der Waals surface area contributed by atoms with Gasteiger partial charge in [-0.25, -0.2) is 0 Å². The van der Waals surface area contributed by atoms with Crippen molar-refractivity contribution in [3.05, 3.63) is 0 Å². The van der Waals surface area contributed by atoms with Crippen LogP contribution in [0.5, 0.6) is 0 Å². The van der Waals surface area contributed by atoms with E-state index in [0.717, 1.165) is 6.42 Å². The highest BCUT2D eigenvalue weighted by atomic mass is 16.5. The fourth-order valence-corrected chi connectivity index (χ4v) is 1.05. The van der Waals surface area contributed by atoms with Crippen LogP contribution in [0, 0.1) is 5.41 Å². The first kappa shape index (κ1) is 7.41. The molecule has 56 valence electrons. The minimum atomic E-state index is -0.821. The Kier molecular flexibility index (Phi) is 2.17. The molecular weight excluding hydrogens is 132 g/mol. The summed E-state index contributed by atoms with van der Waals surface area (Å²) < 4.78 is 5.00. The van der Waals surface area contributed by atoms with Crippen molar-refractivity contribution in [3.63, 3.8) is 0 Å². The molecule has 1 aliphatic heterocycles. The second kappa shape index (κ2) is 2.92. The third-order valence-corrected chi connectivity index (χ3v) is 1.77. The second-order valence-corrected chi connectivity index (χ2v) is 2.63. The average Bonchev–Trinajstić information content (AvgIpc) is 2.06. The Morgan fingerprint density at radius 3 is 2.30 bits per heavy atom. The van der Waals surface area contributed by atoms with Crippen LogP contribution in [0.3, 0.4) is 0 Å². The number of rotatable bonds is 2. The van der Waals surface area contributed by atoms with Crippen LogP contribution in [0.15, 0.2) is 0 Å². The van der Waals surface area contributed by atoms with Gasteiger partial charge in [-0.05, 0) is 12.8 Å². The highest BCUT2D eigenvalue weighted by Crippen LogP contribution is 2.22. The number of hydrogen-bond donors (Lipinski definition) is 0. The van der Waals surface area contributed by atoms with Gasteiger partial charge < -0.3 is 14.3 Å². The Morgan fingerprint density at radius 1 is 1.30 bits per heavy atom. The molecule has 0 N–H and O–H groups in total. The van der Waals surface area contributed by atoms with Gasteiger partial charge in [0.2, 0.25) is 0 Å². The summed E-state index contributed by atoms with van der Waals surface area (Å²) in [7, 11) is 0.